The fraction of sp³-hybridized carbons (Fsp3) is 0.304. The molecule has 2 amide bonds. The lowest BCUT2D eigenvalue weighted by atomic mass is 10.1. The molecular weight excluding hydrogens is 420 g/mol. The van der Waals surface area contributed by atoms with Crippen molar-refractivity contribution in [3.63, 3.8) is 0 Å². The summed E-state index contributed by atoms with van der Waals surface area (Å²) in [5.74, 6) is 0.489. The van der Waals surface area contributed by atoms with Gasteiger partial charge >= 0.3 is 0 Å². The van der Waals surface area contributed by atoms with Crippen LogP contribution in [0.3, 0.4) is 0 Å². The average Bonchev–Trinajstić information content (AvgIpc) is 2.78. The van der Waals surface area contributed by atoms with E-state index in [4.69, 9.17) is 25.8 Å². The first-order chi connectivity index (χ1) is 14.9. The molecule has 0 radical (unpaired) electrons. The van der Waals surface area contributed by atoms with Crippen LogP contribution in [0.1, 0.15) is 29.8 Å². The van der Waals surface area contributed by atoms with E-state index in [1.54, 1.807) is 47.4 Å². The highest BCUT2D eigenvalue weighted by Crippen LogP contribution is 2.38. The summed E-state index contributed by atoms with van der Waals surface area (Å²) in [5, 5.41) is 3.00. The Bertz CT molecular complexity index is 945. The molecule has 8 heteroatoms. The monoisotopic (exact) mass is 446 g/mol. The summed E-state index contributed by atoms with van der Waals surface area (Å²) in [6.07, 6.45) is 1.57. The molecule has 0 heterocycles. The molecule has 0 spiro atoms. The molecule has 31 heavy (non-hydrogen) atoms. The molecule has 0 saturated heterocycles. The second-order valence-electron chi connectivity index (χ2n) is 6.43. The Balaban J connectivity index is 2.54. The zero-order chi connectivity index (χ0) is 23.0. The lowest BCUT2D eigenvalue weighted by Gasteiger charge is -2.21. The Kier molecular flexibility index (Phi) is 8.75. The van der Waals surface area contributed by atoms with Gasteiger partial charge in [-0.1, -0.05) is 23.7 Å². The molecule has 0 bridgehead atoms. The maximum Gasteiger partial charge on any atom is 0.270 e. The lowest BCUT2D eigenvalue weighted by Crippen LogP contribution is -2.38. The molecule has 0 aliphatic heterocycles. The van der Waals surface area contributed by atoms with Gasteiger partial charge in [0.25, 0.3) is 11.8 Å². The first-order valence-electron chi connectivity index (χ1n) is 9.76. The fourth-order valence-corrected chi connectivity index (χ4v) is 3.24. The van der Waals surface area contributed by atoms with Crippen LogP contribution in [0.4, 0.5) is 0 Å². The van der Waals surface area contributed by atoms with Gasteiger partial charge in [-0.3, -0.25) is 9.59 Å². The van der Waals surface area contributed by atoms with E-state index in [1.165, 1.54) is 21.3 Å². The van der Waals surface area contributed by atoms with E-state index in [1.807, 2.05) is 13.8 Å². The molecular formula is C23H27ClN2O5. The van der Waals surface area contributed by atoms with Crippen LogP contribution >= 0.6 is 11.6 Å². The summed E-state index contributed by atoms with van der Waals surface area (Å²) in [4.78, 5) is 27.6. The molecule has 0 unspecified atom stereocenters. The summed E-state index contributed by atoms with van der Waals surface area (Å²) in [7, 11) is 4.52. The van der Waals surface area contributed by atoms with E-state index in [-0.39, 0.29) is 17.2 Å². The van der Waals surface area contributed by atoms with Crippen LogP contribution in [0, 0.1) is 0 Å². The molecule has 0 fully saturated rings. The molecule has 2 aromatic carbocycles. The molecule has 0 aromatic heterocycles. The maximum atomic E-state index is 13.1. The standard InChI is InChI=1S/C23H27ClN2O5/c1-6-26(7-2)23(28)18(25-22(27)16-10-8-9-11-17(16)24)12-15-13-19(29-3)21(31-5)20(14-15)30-4/h8-14H,6-7H2,1-5H3,(H,25,27)/b18-12-. The first-order valence-corrected chi connectivity index (χ1v) is 10.1. The van der Waals surface area contributed by atoms with Crippen LogP contribution in [0.2, 0.25) is 5.02 Å². The summed E-state index contributed by atoms with van der Waals surface area (Å²) in [6, 6.07) is 10.0. The highest BCUT2D eigenvalue weighted by molar-refractivity contribution is 6.34. The number of methoxy groups -OCH3 is 3. The molecule has 166 valence electrons. The smallest absolute Gasteiger partial charge is 0.270 e. The van der Waals surface area contributed by atoms with Crippen LogP contribution in [0.25, 0.3) is 6.08 Å². The van der Waals surface area contributed by atoms with Crippen molar-refractivity contribution in [2.75, 3.05) is 34.4 Å². The van der Waals surface area contributed by atoms with Crippen molar-refractivity contribution in [2.24, 2.45) is 0 Å². The molecule has 7 nitrogen and oxygen atoms in total. The van der Waals surface area contributed by atoms with Gasteiger partial charge < -0.3 is 24.4 Å². The maximum absolute atomic E-state index is 13.1. The number of ether oxygens (including phenoxy) is 3. The Morgan fingerprint density at radius 3 is 2.06 bits per heavy atom. The van der Waals surface area contributed by atoms with Gasteiger partial charge in [-0.05, 0) is 49.8 Å². The van der Waals surface area contributed by atoms with Gasteiger partial charge in [0.1, 0.15) is 5.70 Å². The third-order valence-corrected chi connectivity index (χ3v) is 4.98. The number of carbonyl (C=O) groups excluding carboxylic acids is 2. The highest BCUT2D eigenvalue weighted by atomic mass is 35.5. The number of hydrogen-bond acceptors (Lipinski definition) is 5. The van der Waals surface area contributed by atoms with Crippen molar-refractivity contribution >= 4 is 29.5 Å². The van der Waals surface area contributed by atoms with Crippen molar-refractivity contribution in [3.8, 4) is 17.2 Å². The van der Waals surface area contributed by atoms with Gasteiger partial charge in [-0.15, -0.1) is 0 Å². The molecule has 2 rings (SSSR count). The minimum Gasteiger partial charge on any atom is -0.493 e. The van der Waals surface area contributed by atoms with Crippen molar-refractivity contribution in [1.29, 1.82) is 0 Å². The van der Waals surface area contributed by atoms with Crippen LogP contribution < -0.4 is 19.5 Å². The summed E-state index contributed by atoms with van der Waals surface area (Å²) in [6.45, 7) is 4.72. The van der Waals surface area contributed by atoms with E-state index in [0.717, 1.165) is 0 Å². The second kappa shape index (κ2) is 11.3. The molecule has 0 saturated carbocycles. The highest BCUT2D eigenvalue weighted by Gasteiger charge is 2.21. The normalized spacial score (nSPS) is 11.0. The van der Waals surface area contributed by atoms with Crippen molar-refractivity contribution < 1.29 is 23.8 Å². The zero-order valence-corrected chi connectivity index (χ0v) is 19.1. The summed E-state index contributed by atoms with van der Waals surface area (Å²) < 4.78 is 16.1. The van der Waals surface area contributed by atoms with E-state index in [9.17, 15) is 9.59 Å². The van der Waals surface area contributed by atoms with E-state index < -0.39 is 5.91 Å². The first kappa shape index (κ1) is 24.1. The Labute approximate surface area is 187 Å². The van der Waals surface area contributed by atoms with Crippen molar-refractivity contribution in [1.82, 2.24) is 10.2 Å². The Hall–Kier alpha value is -3.19. The van der Waals surface area contributed by atoms with Gasteiger partial charge in [-0.2, -0.15) is 0 Å². The summed E-state index contributed by atoms with van der Waals surface area (Å²) in [5.41, 5.74) is 0.958. The van der Waals surface area contributed by atoms with Gasteiger partial charge in [0, 0.05) is 13.1 Å². The van der Waals surface area contributed by atoms with Crippen LogP contribution in [-0.2, 0) is 4.79 Å². The van der Waals surface area contributed by atoms with Crippen LogP contribution in [0.5, 0.6) is 17.2 Å². The van der Waals surface area contributed by atoms with E-state index in [0.29, 0.717) is 40.9 Å². The number of benzene rings is 2. The predicted octanol–water partition coefficient (Wildman–Crippen LogP) is 4.01. The molecule has 0 aliphatic carbocycles. The average molecular weight is 447 g/mol. The number of halogens is 1. The van der Waals surface area contributed by atoms with E-state index in [2.05, 4.69) is 5.32 Å². The second-order valence-corrected chi connectivity index (χ2v) is 6.84. The Morgan fingerprint density at radius 2 is 1.58 bits per heavy atom. The van der Waals surface area contributed by atoms with Crippen molar-refractivity contribution in [2.45, 2.75) is 13.8 Å². The predicted molar refractivity (Wildman–Crippen MR) is 121 cm³/mol. The number of nitrogens with zero attached hydrogens (tertiary/aromatic N) is 1. The van der Waals surface area contributed by atoms with Crippen LogP contribution in [0.15, 0.2) is 42.1 Å². The number of likely N-dealkylation sites (N-methyl/N-ethyl adjacent to an activating group) is 1. The number of nitrogens with one attached hydrogen (secondary N) is 1. The molecule has 0 aliphatic rings. The Morgan fingerprint density at radius 1 is 1.00 bits per heavy atom. The number of rotatable bonds is 9. The largest absolute Gasteiger partial charge is 0.493 e. The van der Waals surface area contributed by atoms with Crippen molar-refractivity contribution in [3.05, 3.63) is 58.2 Å². The topological polar surface area (TPSA) is 77.1 Å². The lowest BCUT2D eigenvalue weighted by molar-refractivity contribution is -0.127. The number of carbonyl (C=O) groups is 2. The molecule has 2 aromatic rings. The SMILES string of the molecule is CCN(CC)C(=O)/C(=C/c1cc(OC)c(OC)c(OC)c1)NC(=O)c1ccccc1Cl. The molecule has 1 N–H and O–H groups in total. The third kappa shape index (κ3) is 5.70. The zero-order valence-electron chi connectivity index (χ0n) is 18.3. The minimum atomic E-state index is -0.482. The number of amides is 2. The quantitative estimate of drug-likeness (QED) is 0.589. The van der Waals surface area contributed by atoms with Gasteiger partial charge in [0.15, 0.2) is 11.5 Å². The third-order valence-electron chi connectivity index (χ3n) is 4.65. The van der Waals surface area contributed by atoms with Gasteiger partial charge in [0.2, 0.25) is 5.75 Å². The molecule has 0 atom stereocenters. The van der Waals surface area contributed by atoms with Gasteiger partial charge in [0.05, 0.1) is 31.9 Å². The van der Waals surface area contributed by atoms with E-state index >= 15 is 0 Å². The fourth-order valence-electron chi connectivity index (χ4n) is 3.02. The van der Waals surface area contributed by atoms with Gasteiger partial charge in [-0.25, -0.2) is 0 Å². The summed E-state index contributed by atoms with van der Waals surface area (Å²) >= 11 is 6.15. The number of hydrogen-bond donors (Lipinski definition) is 1. The minimum absolute atomic E-state index is 0.0999. The van der Waals surface area contributed by atoms with Crippen LogP contribution in [-0.4, -0.2) is 51.1 Å².